The summed E-state index contributed by atoms with van der Waals surface area (Å²) in [6.45, 7) is 0. The van der Waals surface area contributed by atoms with E-state index in [0.717, 1.165) is 0 Å². The fraction of sp³-hybridized carbons (Fsp3) is 0.250. The van der Waals surface area contributed by atoms with Crippen molar-refractivity contribution < 1.29 is 13.9 Å². The zero-order chi connectivity index (χ0) is 15.5. The van der Waals surface area contributed by atoms with E-state index in [2.05, 4.69) is 15.9 Å². The van der Waals surface area contributed by atoms with Crippen LogP contribution in [0.4, 0.5) is 8.78 Å². The highest BCUT2D eigenvalue weighted by atomic mass is 79.9. The van der Waals surface area contributed by atoms with Gasteiger partial charge in [0.15, 0.2) is 0 Å². The minimum absolute atomic E-state index is 0.152. The number of hydrogen-bond acceptors (Lipinski definition) is 1. The van der Waals surface area contributed by atoms with E-state index in [1.54, 1.807) is 24.3 Å². The van der Waals surface area contributed by atoms with Crippen LogP contribution in [0.25, 0.3) is 0 Å². The maximum atomic E-state index is 14.1. The number of halogens is 4. The first-order valence-corrected chi connectivity index (χ1v) is 7.77. The van der Waals surface area contributed by atoms with Crippen molar-refractivity contribution in [2.45, 2.75) is 18.4 Å². The lowest BCUT2D eigenvalue weighted by Gasteiger charge is -2.28. The molecule has 0 heterocycles. The van der Waals surface area contributed by atoms with Crippen LogP contribution < -0.4 is 0 Å². The number of aliphatic hydroxyl groups is 1. The molecule has 1 nitrogen and oxygen atoms in total. The van der Waals surface area contributed by atoms with Crippen molar-refractivity contribution in [2.75, 3.05) is 5.88 Å². The third kappa shape index (κ3) is 3.62. The second kappa shape index (κ2) is 6.86. The van der Waals surface area contributed by atoms with Crippen LogP contribution in [-0.2, 0) is 12.0 Å². The Morgan fingerprint density at radius 3 is 2.38 bits per heavy atom. The SMILES string of the molecule is OC(CCCl)(Cc1c(F)ccc(Br)c1F)c1ccccc1. The lowest BCUT2D eigenvalue weighted by Crippen LogP contribution is -2.30. The minimum atomic E-state index is -1.41. The van der Waals surface area contributed by atoms with Gasteiger partial charge in [-0.25, -0.2) is 8.78 Å². The highest BCUT2D eigenvalue weighted by Gasteiger charge is 2.31. The molecule has 0 aliphatic rings. The summed E-state index contributed by atoms with van der Waals surface area (Å²) in [5.74, 6) is -1.19. The molecule has 0 spiro atoms. The Kier molecular flexibility index (Phi) is 5.36. The van der Waals surface area contributed by atoms with Crippen molar-refractivity contribution in [1.82, 2.24) is 0 Å². The standard InChI is InChI=1S/C16H14BrClF2O/c17-13-6-7-14(19)12(15(13)20)10-16(21,8-9-18)11-4-2-1-3-5-11/h1-7,21H,8-10H2. The van der Waals surface area contributed by atoms with Crippen LogP contribution in [-0.4, -0.2) is 11.0 Å². The minimum Gasteiger partial charge on any atom is -0.385 e. The molecule has 2 rings (SSSR count). The maximum Gasteiger partial charge on any atom is 0.143 e. The van der Waals surface area contributed by atoms with Crippen LogP contribution in [0.15, 0.2) is 46.9 Å². The van der Waals surface area contributed by atoms with Crippen molar-refractivity contribution in [3.63, 3.8) is 0 Å². The summed E-state index contributed by atoms with van der Waals surface area (Å²) in [5.41, 5.74) is -0.976. The third-order valence-electron chi connectivity index (χ3n) is 3.43. The Balaban J connectivity index is 2.44. The predicted molar refractivity (Wildman–Crippen MR) is 83.4 cm³/mol. The molecule has 1 unspecified atom stereocenters. The lowest BCUT2D eigenvalue weighted by molar-refractivity contribution is 0.0318. The summed E-state index contributed by atoms with van der Waals surface area (Å²) in [6.07, 6.45) is 0.0187. The van der Waals surface area contributed by atoms with Gasteiger partial charge in [0.2, 0.25) is 0 Å². The molecule has 2 aromatic carbocycles. The zero-order valence-electron chi connectivity index (χ0n) is 11.1. The molecule has 0 aliphatic heterocycles. The van der Waals surface area contributed by atoms with Gasteiger partial charge in [-0.2, -0.15) is 0 Å². The van der Waals surface area contributed by atoms with Crippen LogP contribution in [0.1, 0.15) is 17.5 Å². The van der Waals surface area contributed by atoms with Crippen molar-refractivity contribution in [3.05, 3.63) is 69.7 Å². The Hall–Kier alpha value is -0.970. The average Bonchev–Trinajstić information content (AvgIpc) is 2.49. The van der Waals surface area contributed by atoms with Gasteiger partial charge in [0.1, 0.15) is 11.6 Å². The molecule has 0 fully saturated rings. The number of rotatable bonds is 5. The molecule has 2 aromatic rings. The van der Waals surface area contributed by atoms with Gasteiger partial charge >= 0.3 is 0 Å². The van der Waals surface area contributed by atoms with Gasteiger partial charge in [0.05, 0.1) is 10.1 Å². The summed E-state index contributed by atoms with van der Waals surface area (Å²) in [4.78, 5) is 0. The smallest absolute Gasteiger partial charge is 0.143 e. The van der Waals surface area contributed by atoms with Crippen molar-refractivity contribution in [3.8, 4) is 0 Å². The van der Waals surface area contributed by atoms with Gasteiger partial charge in [0.25, 0.3) is 0 Å². The highest BCUT2D eigenvalue weighted by molar-refractivity contribution is 9.10. The molecule has 5 heteroatoms. The second-order valence-electron chi connectivity index (χ2n) is 4.84. The van der Waals surface area contributed by atoms with Gasteiger partial charge < -0.3 is 5.11 Å². The number of alkyl halides is 1. The van der Waals surface area contributed by atoms with Crippen molar-refractivity contribution in [1.29, 1.82) is 0 Å². The quantitative estimate of drug-likeness (QED) is 0.589. The molecule has 0 saturated carbocycles. The molecular weight excluding hydrogens is 362 g/mol. The summed E-state index contributed by atoms with van der Waals surface area (Å²) >= 11 is 8.79. The topological polar surface area (TPSA) is 20.2 Å². The van der Waals surface area contributed by atoms with E-state index >= 15 is 0 Å². The molecule has 1 N–H and O–H groups in total. The molecule has 0 amide bonds. The first kappa shape index (κ1) is 16.4. The van der Waals surface area contributed by atoms with Gasteiger partial charge in [-0.1, -0.05) is 30.3 Å². The fourth-order valence-electron chi connectivity index (χ4n) is 2.26. The largest absolute Gasteiger partial charge is 0.385 e. The zero-order valence-corrected chi connectivity index (χ0v) is 13.5. The lowest BCUT2D eigenvalue weighted by atomic mass is 9.84. The van der Waals surface area contributed by atoms with Crippen LogP contribution in [0.3, 0.4) is 0 Å². The Bertz CT molecular complexity index is 621. The fourth-order valence-corrected chi connectivity index (χ4v) is 2.95. The molecule has 0 aliphatic carbocycles. The van der Waals surface area contributed by atoms with E-state index in [1.807, 2.05) is 6.07 Å². The van der Waals surface area contributed by atoms with E-state index in [1.165, 1.54) is 12.1 Å². The molecular formula is C16H14BrClF2O. The molecule has 0 aromatic heterocycles. The number of hydrogen-bond donors (Lipinski definition) is 1. The first-order chi connectivity index (χ1) is 9.98. The van der Waals surface area contributed by atoms with Gasteiger partial charge in [0, 0.05) is 17.9 Å². The van der Waals surface area contributed by atoms with Crippen molar-refractivity contribution in [2.24, 2.45) is 0 Å². The average molecular weight is 376 g/mol. The summed E-state index contributed by atoms with van der Waals surface area (Å²) in [5, 5.41) is 10.8. The van der Waals surface area contributed by atoms with E-state index in [-0.39, 0.29) is 28.8 Å². The van der Waals surface area contributed by atoms with Crippen molar-refractivity contribution >= 4 is 27.5 Å². The monoisotopic (exact) mass is 374 g/mol. The van der Waals surface area contributed by atoms with Crippen LogP contribution >= 0.6 is 27.5 Å². The normalized spacial score (nSPS) is 14.0. The summed E-state index contributed by atoms with van der Waals surface area (Å²) in [6, 6.07) is 11.3. The van der Waals surface area contributed by atoms with Gasteiger partial charge in [-0.3, -0.25) is 0 Å². The molecule has 112 valence electrons. The molecule has 1 atom stereocenters. The molecule has 0 saturated heterocycles. The summed E-state index contributed by atoms with van der Waals surface area (Å²) < 4.78 is 28.2. The predicted octanol–water partition coefficient (Wildman–Crippen LogP) is 4.79. The molecule has 21 heavy (non-hydrogen) atoms. The number of benzene rings is 2. The highest BCUT2D eigenvalue weighted by Crippen LogP contribution is 2.33. The van der Waals surface area contributed by atoms with Crippen LogP contribution in [0, 0.1) is 11.6 Å². The third-order valence-corrected chi connectivity index (χ3v) is 4.23. The molecule has 0 radical (unpaired) electrons. The van der Waals surface area contributed by atoms with Crippen LogP contribution in [0.2, 0.25) is 0 Å². The first-order valence-electron chi connectivity index (χ1n) is 6.44. The van der Waals surface area contributed by atoms with Gasteiger partial charge in [-0.15, -0.1) is 11.6 Å². The van der Waals surface area contributed by atoms with E-state index in [4.69, 9.17) is 11.6 Å². The summed E-state index contributed by atoms with van der Waals surface area (Å²) in [7, 11) is 0. The van der Waals surface area contributed by atoms with E-state index in [9.17, 15) is 13.9 Å². The Labute approximate surface area is 135 Å². The van der Waals surface area contributed by atoms with E-state index in [0.29, 0.717) is 5.56 Å². The Morgan fingerprint density at radius 1 is 1.10 bits per heavy atom. The van der Waals surface area contributed by atoms with Gasteiger partial charge in [-0.05, 0) is 40.0 Å². The van der Waals surface area contributed by atoms with E-state index < -0.39 is 17.2 Å². The Morgan fingerprint density at radius 2 is 1.76 bits per heavy atom. The maximum absolute atomic E-state index is 14.1. The van der Waals surface area contributed by atoms with Crippen LogP contribution in [0.5, 0.6) is 0 Å². The second-order valence-corrected chi connectivity index (χ2v) is 6.07. The molecule has 0 bridgehead atoms.